The summed E-state index contributed by atoms with van der Waals surface area (Å²) in [5, 5.41) is 2.67. The Morgan fingerprint density at radius 3 is 2.95 bits per heavy atom. The van der Waals surface area contributed by atoms with E-state index in [1.54, 1.807) is 43.5 Å². The van der Waals surface area contributed by atoms with Gasteiger partial charge in [0, 0.05) is 12.1 Å². The van der Waals surface area contributed by atoms with Gasteiger partial charge in [-0.25, -0.2) is 0 Å². The van der Waals surface area contributed by atoms with Crippen LogP contribution in [0.2, 0.25) is 0 Å². The Kier molecular flexibility index (Phi) is 3.87. The highest BCUT2D eigenvalue weighted by molar-refractivity contribution is 6.03. The molecule has 0 aliphatic carbocycles. The molecule has 0 saturated carbocycles. The van der Waals surface area contributed by atoms with E-state index in [4.69, 9.17) is 14.9 Å². The lowest BCUT2D eigenvalue weighted by Gasteiger charge is -2.08. The normalized spacial score (nSPS) is 10.6. The predicted molar refractivity (Wildman–Crippen MR) is 73.8 cm³/mol. The van der Waals surface area contributed by atoms with Gasteiger partial charge in [-0.2, -0.15) is 0 Å². The first-order valence-electron chi connectivity index (χ1n) is 5.65. The van der Waals surface area contributed by atoms with Crippen LogP contribution in [0.3, 0.4) is 0 Å². The largest absolute Gasteiger partial charge is 0.497 e. The number of methoxy groups -OCH3 is 1. The lowest BCUT2D eigenvalue weighted by Crippen LogP contribution is -2.09. The SMILES string of the molecule is COc1ccc(N)c(NC(=O)C=Cc2ccco2)c1. The summed E-state index contributed by atoms with van der Waals surface area (Å²) in [7, 11) is 1.55. The third-order valence-corrected chi connectivity index (χ3v) is 2.46. The van der Waals surface area contributed by atoms with E-state index in [1.165, 1.54) is 12.3 Å². The van der Waals surface area contributed by atoms with Crippen LogP contribution in [0.4, 0.5) is 11.4 Å². The van der Waals surface area contributed by atoms with Crippen molar-refractivity contribution < 1.29 is 13.9 Å². The van der Waals surface area contributed by atoms with Crippen molar-refractivity contribution in [2.45, 2.75) is 0 Å². The third-order valence-electron chi connectivity index (χ3n) is 2.46. The van der Waals surface area contributed by atoms with Gasteiger partial charge in [0.25, 0.3) is 0 Å². The molecule has 0 fully saturated rings. The molecule has 0 saturated heterocycles. The first-order chi connectivity index (χ1) is 9.19. The standard InChI is InChI=1S/C14H14N2O3/c1-18-11-4-6-12(15)13(9-11)16-14(17)7-5-10-3-2-8-19-10/h2-9H,15H2,1H3,(H,16,17). The number of furan rings is 1. The number of carbonyl (C=O) groups excluding carboxylic acids is 1. The highest BCUT2D eigenvalue weighted by Gasteiger charge is 2.04. The van der Waals surface area contributed by atoms with E-state index < -0.39 is 0 Å². The molecule has 3 N–H and O–H groups in total. The predicted octanol–water partition coefficient (Wildman–Crippen LogP) is 2.52. The van der Waals surface area contributed by atoms with Crippen molar-refractivity contribution in [1.82, 2.24) is 0 Å². The van der Waals surface area contributed by atoms with Crippen molar-refractivity contribution in [3.8, 4) is 5.75 Å². The summed E-state index contributed by atoms with van der Waals surface area (Å²) in [4.78, 5) is 11.7. The molecule has 2 rings (SSSR count). The number of anilines is 2. The van der Waals surface area contributed by atoms with Crippen molar-refractivity contribution in [2.24, 2.45) is 0 Å². The van der Waals surface area contributed by atoms with Gasteiger partial charge in [-0.05, 0) is 30.3 Å². The number of benzene rings is 1. The Bertz CT molecular complexity index is 589. The van der Waals surface area contributed by atoms with E-state index in [1.807, 2.05) is 0 Å². The maximum Gasteiger partial charge on any atom is 0.248 e. The first kappa shape index (κ1) is 12.8. The molecule has 0 atom stereocenters. The molecule has 98 valence electrons. The molecule has 0 unspecified atom stereocenters. The average molecular weight is 258 g/mol. The second-order valence-corrected chi connectivity index (χ2v) is 3.79. The summed E-state index contributed by atoms with van der Waals surface area (Å²) in [6, 6.07) is 8.56. The molecule has 0 radical (unpaired) electrons. The molecule has 0 aliphatic heterocycles. The molecule has 1 aromatic carbocycles. The number of nitrogens with one attached hydrogen (secondary N) is 1. The van der Waals surface area contributed by atoms with E-state index in [-0.39, 0.29) is 5.91 Å². The van der Waals surface area contributed by atoms with Gasteiger partial charge >= 0.3 is 0 Å². The van der Waals surface area contributed by atoms with Crippen LogP contribution < -0.4 is 15.8 Å². The number of carbonyl (C=O) groups is 1. The highest BCUT2D eigenvalue weighted by atomic mass is 16.5. The van der Waals surface area contributed by atoms with Crippen molar-refractivity contribution in [3.63, 3.8) is 0 Å². The Hall–Kier alpha value is -2.69. The summed E-state index contributed by atoms with van der Waals surface area (Å²) in [5.74, 6) is 0.935. The molecule has 0 spiro atoms. The van der Waals surface area contributed by atoms with Crippen LogP contribution in [0, 0.1) is 0 Å². The van der Waals surface area contributed by atoms with E-state index in [0.29, 0.717) is 22.9 Å². The first-order valence-corrected chi connectivity index (χ1v) is 5.65. The minimum absolute atomic E-state index is 0.295. The van der Waals surface area contributed by atoms with Crippen LogP contribution in [0.1, 0.15) is 5.76 Å². The Labute approximate surface area is 110 Å². The van der Waals surface area contributed by atoms with Crippen LogP contribution in [0.5, 0.6) is 5.75 Å². The summed E-state index contributed by atoms with van der Waals surface area (Å²) >= 11 is 0. The monoisotopic (exact) mass is 258 g/mol. The topological polar surface area (TPSA) is 77.5 Å². The van der Waals surface area contributed by atoms with Gasteiger partial charge in [0.15, 0.2) is 0 Å². The highest BCUT2D eigenvalue weighted by Crippen LogP contribution is 2.24. The minimum atomic E-state index is -0.295. The van der Waals surface area contributed by atoms with Gasteiger partial charge in [0.1, 0.15) is 11.5 Å². The minimum Gasteiger partial charge on any atom is -0.497 e. The summed E-state index contributed by atoms with van der Waals surface area (Å²) in [6.07, 6.45) is 4.49. The maximum atomic E-state index is 11.7. The van der Waals surface area contributed by atoms with E-state index in [2.05, 4.69) is 5.32 Å². The second kappa shape index (κ2) is 5.77. The van der Waals surface area contributed by atoms with Crippen LogP contribution in [0.25, 0.3) is 6.08 Å². The van der Waals surface area contributed by atoms with Gasteiger partial charge in [0.2, 0.25) is 5.91 Å². The molecular formula is C14H14N2O3. The van der Waals surface area contributed by atoms with Gasteiger partial charge < -0.3 is 20.2 Å². The molecule has 2 aromatic rings. The molecule has 1 amide bonds. The van der Waals surface area contributed by atoms with Crippen molar-refractivity contribution in [2.75, 3.05) is 18.2 Å². The molecule has 0 bridgehead atoms. The summed E-state index contributed by atoms with van der Waals surface area (Å²) in [6.45, 7) is 0. The molecule has 5 nitrogen and oxygen atoms in total. The quantitative estimate of drug-likeness (QED) is 0.652. The smallest absolute Gasteiger partial charge is 0.248 e. The Morgan fingerprint density at radius 2 is 2.26 bits per heavy atom. The Morgan fingerprint density at radius 1 is 1.42 bits per heavy atom. The number of hydrogen-bond acceptors (Lipinski definition) is 4. The lowest BCUT2D eigenvalue weighted by atomic mass is 10.2. The molecule has 1 aromatic heterocycles. The fraction of sp³-hybridized carbons (Fsp3) is 0.0714. The molecular weight excluding hydrogens is 244 g/mol. The van der Waals surface area contributed by atoms with Crippen molar-refractivity contribution in [3.05, 3.63) is 48.4 Å². The molecule has 1 heterocycles. The van der Waals surface area contributed by atoms with Crippen LogP contribution >= 0.6 is 0 Å². The van der Waals surface area contributed by atoms with Crippen molar-refractivity contribution in [1.29, 1.82) is 0 Å². The van der Waals surface area contributed by atoms with Gasteiger partial charge in [0.05, 0.1) is 24.7 Å². The number of nitrogen functional groups attached to an aromatic ring is 1. The molecule has 5 heteroatoms. The average Bonchev–Trinajstić information content (AvgIpc) is 2.92. The summed E-state index contributed by atoms with van der Waals surface area (Å²) in [5.41, 5.74) is 6.75. The Balaban J connectivity index is 2.06. The van der Waals surface area contributed by atoms with E-state index in [0.717, 1.165) is 0 Å². The third kappa shape index (κ3) is 3.38. The zero-order valence-corrected chi connectivity index (χ0v) is 10.4. The van der Waals surface area contributed by atoms with Crippen LogP contribution in [-0.4, -0.2) is 13.0 Å². The van der Waals surface area contributed by atoms with Gasteiger partial charge in [-0.3, -0.25) is 4.79 Å². The van der Waals surface area contributed by atoms with Crippen LogP contribution in [-0.2, 0) is 4.79 Å². The number of hydrogen-bond donors (Lipinski definition) is 2. The molecule has 19 heavy (non-hydrogen) atoms. The number of rotatable bonds is 4. The number of nitrogens with two attached hydrogens (primary N) is 1. The fourth-order valence-electron chi connectivity index (χ4n) is 1.49. The van der Waals surface area contributed by atoms with E-state index >= 15 is 0 Å². The maximum absolute atomic E-state index is 11.7. The number of amides is 1. The van der Waals surface area contributed by atoms with Gasteiger partial charge in [-0.1, -0.05) is 0 Å². The fourth-order valence-corrected chi connectivity index (χ4v) is 1.49. The number of ether oxygens (including phenoxy) is 1. The van der Waals surface area contributed by atoms with Gasteiger partial charge in [-0.15, -0.1) is 0 Å². The van der Waals surface area contributed by atoms with Crippen molar-refractivity contribution >= 4 is 23.4 Å². The van der Waals surface area contributed by atoms with Crippen LogP contribution in [0.15, 0.2) is 47.1 Å². The lowest BCUT2D eigenvalue weighted by molar-refractivity contribution is -0.111. The zero-order valence-electron chi connectivity index (χ0n) is 10.4. The van der Waals surface area contributed by atoms with E-state index in [9.17, 15) is 4.79 Å². The molecule has 0 aliphatic rings. The zero-order chi connectivity index (χ0) is 13.7. The second-order valence-electron chi connectivity index (χ2n) is 3.79. The summed E-state index contributed by atoms with van der Waals surface area (Å²) < 4.78 is 10.2.